The first-order valence-electron chi connectivity index (χ1n) is 5.09. The molecule has 0 saturated carbocycles. The Labute approximate surface area is 87.8 Å². The fourth-order valence-electron chi connectivity index (χ4n) is 1.07. The minimum absolute atomic E-state index is 0.289. The lowest BCUT2D eigenvalue weighted by atomic mass is 10.2. The van der Waals surface area contributed by atoms with E-state index in [1.165, 1.54) is 0 Å². The maximum atomic E-state index is 5.83. The summed E-state index contributed by atoms with van der Waals surface area (Å²) in [6.45, 7) is 7.60. The molecule has 0 rings (SSSR count). The summed E-state index contributed by atoms with van der Waals surface area (Å²) < 4.78 is 0. The predicted molar refractivity (Wildman–Crippen MR) is 64.2 cm³/mol. The minimum atomic E-state index is 0.289. The fourth-order valence-corrected chi connectivity index (χ4v) is 1.07. The van der Waals surface area contributed by atoms with Crippen molar-refractivity contribution in [3.05, 3.63) is 37.0 Å². The highest BCUT2D eigenvalue weighted by atomic mass is 15.1. The van der Waals surface area contributed by atoms with Crippen molar-refractivity contribution >= 4 is 0 Å². The number of rotatable bonds is 7. The predicted octanol–water partition coefficient (Wildman–Crippen LogP) is 1.95. The van der Waals surface area contributed by atoms with Crippen LogP contribution in [0.2, 0.25) is 0 Å². The maximum absolute atomic E-state index is 5.83. The molecule has 14 heavy (non-hydrogen) atoms. The fraction of sp³-hybridized carbons (Fsp3) is 0.500. The van der Waals surface area contributed by atoms with Gasteiger partial charge in [-0.3, -0.25) is 0 Å². The third-order valence-corrected chi connectivity index (χ3v) is 1.98. The van der Waals surface area contributed by atoms with E-state index in [9.17, 15) is 0 Å². The first-order chi connectivity index (χ1) is 6.70. The maximum Gasteiger partial charge on any atom is 0.0165 e. The van der Waals surface area contributed by atoms with Gasteiger partial charge in [-0.2, -0.15) is 0 Å². The van der Waals surface area contributed by atoms with E-state index in [2.05, 4.69) is 31.5 Å². The summed E-state index contributed by atoms with van der Waals surface area (Å²) in [6.07, 6.45) is 10.8. The number of nitrogens with two attached hydrogens (primary N) is 1. The average Bonchev–Trinajstić information content (AvgIpc) is 2.17. The molecule has 0 amide bonds. The normalized spacial score (nSPS) is 14.3. The van der Waals surface area contributed by atoms with Gasteiger partial charge in [0.1, 0.15) is 0 Å². The van der Waals surface area contributed by atoms with E-state index in [-0.39, 0.29) is 6.04 Å². The van der Waals surface area contributed by atoms with E-state index in [0.717, 1.165) is 19.5 Å². The summed E-state index contributed by atoms with van der Waals surface area (Å²) >= 11 is 0. The Morgan fingerprint density at radius 2 is 2.07 bits per heavy atom. The van der Waals surface area contributed by atoms with Crippen LogP contribution in [0.5, 0.6) is 0 Å². The van der Waals surface area contributed by atoms with E-state index in [4.69, 9.17) is 5.73 Å². The Bertz CT molecular complexity index is 194. The number of hydrogen-bond acceptors (Lipinski definition) is 2. The molecule has 0 fully saturated rings. The summed E-state index contributed by atoms with van der Waals surface area (Å²) in [7, 11) is 2.08. The van der Waals surface area contributed by atoms with Gasteiger partial charge in [-0.25, -0.2) is 0 Å². The molecule has 0 heterocycles. The zero-order chi connectivity index (χ0) is 10.8. The Morgan fingerprint density at radius 3 is 2.64 bits per heavy atom. The van der Waals surface area contributed by atoms with E-state index < -0.39 is 0 Å². The summed E-state index contributed by atoms with van der Waals surface area (Å²) in [6, 6.07) is 0.289. The third-order valence-electron chi connectivity index (χ3n) is 1.98. The molecule has 2 nitrogen and oxygen atoms in total. The number of hydrogen-bond donors (Lipinski definition) is 1. The van der Waals surface area contributed by atoms with Gasteiger partial charge >= 0.3 is 0 Å². The summed E-state index contributed by atoms with van der Waals surface area (Å²) in [5.74, 6) is 0. The lowest BCUT2D eigenvalue weighted by Gasteiger charge is -2.18. The van der Waals surface area contributed by atoms with Crippen molar-refractivity contribution in [3.8, 4) is 0 Å². The molecule has 1 unspecified atom stereocenters. The van der Waals surface area contributed by atoms with Crippen LogP contribution in [0.3, 0.4) is 0 Å². The molecule has 1 atom stereocenters. The summed E-state index contributed by atoms with van der Waals surface area (Å²) in [4.78, 5) is 2.21. The number of likely N-dealkylation sites (N-methyl/N-ethyl adjacent to an activating group) is 1. The Hall–Kier alpha value is -0.860. The van der Waals surface area contributed by atoms with Crippen molar-refractivity contribution in [3.63, 3.8) is 0 Å². The van der Waals surface area contributed by atoms with Crippen molar-refractivity contribution in [1.29, 1.82) is 0 Å². The highest BCUT2D eigenvalue weighted by Crippen LogP contribution is 1.91. The summed E-state index contributed by atoms with van der Waals surface area (Å²) in [5, 5.41) is 0. The van der Waals surface area contributed by atoms with Crippen molar-refractivity contribution in [2.24, 2.45) is 5.73 Å². The van der Waals surface area contributed by atoms with Gasteiger partial charge in [-0.15, -0.1) is 0 Å². The monoisotopic (exact) mass is 194 g/mol. The third kappa shape index (κ3) is 7.77. The van der Waals surface area contributed by atoms with Crippen molar-refractivity contribution in [1.82, 2.24) is 4.90 Å². The van der Waals surface area contributed by atoms with E-state index in [1.807, 2.05) is 18.2 Å². The molecule has 0 aromatic rings. The van der Waals surface area contributed by atoms with Crippen LogP contribution < -0.4 is 5.73 Å². The molecular formula is C12H22N2. The van der Waals surface area contributed by atoms with E-state index in [0.29, 0.717) is 0 Å². The molecule has 2 heteroatoms. The zero-order valence-electron chi connectivity index (χ0n) is 9.32. The van der Waals surface area contributed by atoms with Crippen molar-refractivity contribution < 1.29 is 0 Å². The standard InChI is InChI=1S/C12H22N2/c1-4-6-7-8-9-10-14(3)11-12(13)5-2/h4,6-9,12H,1,5,10-11,13H2,2-3H3/b7-6-,9-8+. The molecule has 0 aromatic heterocycles. The Morgan fingerprint density at radius 1 is 1.36 bits per heavy atom. The van der Waals surface area contributed by atoms with E-state index >= 15 is 0 Å². The van der Waals surface area contributed by atoms with E-state index in [1.54, 1.807) is 6.08 Å². The molecule has 0 aliphatic carbocycles. The second-order valence-electron chi connectivity index (χ2n) is 3.44. The number of nitrogens with zero attached hydrogens (tertiary/aromatic N) is 1. The van der Waals surface area contributed by atoms with Crippen LogP contribution in [0, 0.1) is 0 Å². The first kappa shape index (κ1) is 13.1. The highest BCUT2D eigenvalue weighted by Gasteiger charge is 2.01. The van der Waals surface area contributed by atoms with Crippen molar-refractivity contribution in [2.45, 2.75) is 19.4 Å². The van der Waals surface area contributed by atoms with Gasteiger partial charge in [-0.05, 0) is 13.5 Å². The van der Waals surface area contributed by atoms with Crippen molar-refractivity contribution in [2.75, 3.05) is 20.1 Å². The highest BCUT2D eigenvalue weighted by molar-refractivity contribution is 5.09. The molecule has 0 aliphatic heterocycles. The van der Waals surface area contributed by atoms with Gasteiger partial charge in [0.15, 0.2) is 0 Å². The first-order valence-corrected chi connectivity index (χ1v) is 5.09. The van der Waals surface area contributed by atoms with Crippen LogP contribution in [-0.4, -0.2) is 31.1 Å². The van der Waals surface area contributed by atoms with Gasteiger partial charge in [0, 0.05) is 19.1 Å². The summed E-state index contributed by atoms with van der Waals surface area (Å²) in [5.41, 5.74) is 5.83. The molecule has 0 radical (unpaired) electrons. The lowest BCUT2D eigenvalue weighted by Crippen LogP contribution is -2.34. The molecule has 0 aromatic carbocycles. The van der Waals surface area contributed by atoms with Crippen LogP contribution in [0.15, 0.2) is 37.0 Å². The second kappa shape index (κ2) is 8.73. The Kier molecular flexibility index (Phi) is 8.19. The molecule has 0 aliphatic rings. The van der Waals surface area contributed by atoms with Gasteiger partial charge in [0.2, 0.25) is 0 Å². The van der Waals surface area contributed by atoms with Crippen LogP contribution in [0.1, 0.15) is 13.3 Å². The molecule has 0 saturated heterocycles. The van der Waals surface area contributed by atoms with Crippen LogP contribution >= 0.6 is 0 Å². The molecular weight excluding hydrogens is 172 g/mol. The molecule has 2 N–H and O–H groups in total. The zero-order valence-corrected chi connectivity index (χ0v) is 9.32. The second-order valence-corrected chi connectivity index (χ2v) is 3.44. The quantitative estimate of drug-likeness (QED) is 0.628. The van der Waals surface area contributed by atoms with Gasteiger partial charge in [-0.1, -0.05) is 43.9 Å². The largest absolute Gasteiger partial charge is 0.327 e. The van der Waals surface area contributed by atoms with Crippen LogP contribution in [-0.2, 0) is 0 Å². The van der Waals surface area contributed by atoms with Crippen LogP contribution in [0.4, 0.5) is 0 Å². The molecule has 0 bridgehead atoms. The van der Waals surface area contributed by atoms with Gasteiger partial charge < -0.3 is 10.6 Å². The minimum Gasteiger partial charge on any atom is -0.327 e. The molecule has 0 spiro atoms. The number of allylic oxidation sites excluding steroid dienone is 4. The van der Waals surface area contributed by atoms with Gasteiger partial charge in [0.25, 0.3) is 0 Å². The lowest BCUT2D eigenvalue weighted by molar-refractivity contribution is 0.337. The Balaban J connectivity index is 3.62. The topological polar surface area (TPSA) is 29.3 Å². The van der Waals surface area contributed by atoms with Crippen LogP contribution in [0.25, 0.3) is 0 Å². The molecule has 80 valence electrons. The average molecular weight is 194 g/mol. The SMILES string of the molecule is C=C/C=C\C=C\CN(C)CC(N)CC. The smallest absolute Gasteiger partial charge is 0.0165 e. The van der Waals surface area contributed by atoms with Gasteiger partial charge in [0.05, 0.1) is 0 Å².